The zero-order chi connectivity index (χ0) is 30.9. The van der Waals surface area contributed by atoms with Gasteiger partial charge in [-0.3, -0.25) is 14.4 Å². The molecule has 3 amide bonds. The summed E-state index contributed by atoms with van der Waals surface area (Å²) in [5.74, 6) is -2.35. The highest BCUT2D eigenvalue weighted by Gasteiger charge is 2.79. The Balaban J connectivity index is 1.58. The SMILES string of the molecule is C=CCN(Cc1ccccc1)C(=O)[C@@H]1[C@H]2C(=O)N(CCO)C(C(=O)N(CC=C)c3cc(C)ccc3C)C23CC[C@@]1(CC)O3. The van der Waals surface area contributed by atoms with Crippen molar-refractivity contribution in [2.24, 2.45) is 11.8 Å². The number of amides is 3. The minimum atomic E-state index is -1.18. The minimum absolute atomic E-state index is 0.0218. The maximum atomic E-state index is 14.7. The lowest BCUT2D eigenvalue weighted by atomic mass is 9.64. The lowest BCUT2D eigenvalue weighted by molar-refractivity contribution is -0.151. The fraction of sp³-hybridized carbons (Fsp3) is 0.457. The van der Waals surface area contributed by atoms with Gasteiger partial charge in [-0.15, -0.1) is 13.2 Å². The highest BCUT2D eigenvalue weighted by atomic mass is 16.5. The van der Waals surface area contributed by atoms with E-state index in [-0.39, 0.29) is 37.4 Å². The standard InChI is InChI=1S/C35H43N3O5/c1-6-18-36(23-26-12-10-9-11-13-26)31(40)28-29-32(41)38(20-21-39)30(35(29)17-16-34(28,8-3)43-35)33(42)37(19-7-2)27-22-24(4)14-15-25(27)5/h6-7,9-15,22,28-30,39H,1-2,8,16-21,23H2,3-5H3/t28-,29-,30?,34+,35?/m0/s1. The highest BCUT2D eigenvalue weighted by molar-refractivity contribution is 6.05. The quantitative estimate of drug-likeness (QED) is 0.378. The minimum Gasteiger partial charge on any atom is -0.395 e. The maximum absolute atomic E-state index is 14.7. The molecule has 5 atom stereocenters. The van der Waals surface area contributed by atoms with Gasteiger partial charge in [-0.25, -0.2) is 0 Å². The summed E-state index contributed by atoms with van der Waals surface area (Å²) < 4.78 is 6.94. The van der Waals surface area contributed by atoms with Gasteiger partial charge in [-0.1, -0.05) is 61.5 Å². The van der Waals surface area contributed by atoms with Crippen LogP contribution in [-0.4, -0.2) is 76.1 Å². The molecule has 2 aromatic rings. The van der Waals surface area contributed by atoms with E-state index in [2.05, 4.69) is 13.2 Å². The van der Waals surface area contributed by atoms with Gasteiger partial charge in [0.2, 0.25) is 11.8 Å². The molecule has 43 heavy (non-hydrogen) atoms. The molecule has 8 heteroatoms. The van der Waals surface area contributed by atoms with Crippen LogP contribution in [0.4, 0.5) is 5.69 Å². The number of rotatable bonds is 12. The number of nitrogens with zero attached hydrogens (tertiary/aromatic N) is 3. The number of anilines is 1. The maximum Gasteiger partial charge on any atom is 0.253 e. The zero-order valence-corrected chi connectivity index (χ0v) is 25.5. The van der Waals surface area contributed by atoms with Crippen LogP contribution >= 0.6 is 0 Å². The number of ether oxygens (including phenoxy) is 1. The molecule has 1 spiro atoms. The Morgan fingerprint density at radius 1 is 1.07 bits per heavy atom. The molecule has 8 nitrogen and oxygen atoms in total. The first-order chi connectivity index (χ1) is 20.7. The molecular weight excluding hydrogens is 542 g/mol. The number of carbonyl (C=O) groups excluding carboxylic acids is 3. The van der Waals surface area contributed by atoms with E-state index in [1.54, 1.807) is 22.0 Å². The predicted molar refractivity (Wildman–Crippen MR) is 166 cm³/mol. The summed E-state index contributed by atoms with van der Waals surface area (Å²) in [6.07, 6.45) is 4.95. The largest absolute Gasteiger partial charge is 0.395 e. The van der Waals surface area contributed by atoms with Gasteiger partial charge >= 0.3 is 0 Å². The molecule has 0 aromatic heterocycles. The van der Waals surface area contributed by atoms with E-state index in [0.717, 1.165) is 22.4 Å². The van der Waals surface area contributed by atoms with Crippen molar-refractivity contribution in [3.63, 3.8) is 0 Å². The number of likely N-dealkylation sites (tertiary alicyclic amines) is 1. The first kappa shape index (κ1) is 30.7. The van der Waals surface area contributed by atoms with Crippen molar-refractivity contribution in [3.8, 4) is 0 Å². The van der Waals surface area contributed by atoms with Crippen LogP contribution < -0.4 is 4.90 Å². The van der Waals surface area contributed by atoms with E-state index in [1.807, 2.05) is 69.3 Å². The third kappa shape index (κ3) is 5.00. The fourth-order valence-electron chi connectivity index (χ4n) is 7.70. The van der Waals surface area contributed by atoms with E-state index >= 15 is 0 Å². The molecule has 1 N–H and O–H groups in total. The number of aliphatic hydroxyl groups excluding tert-OH is 1. The average Bonchev–Trinajstić information content (AvgIpc) is 3.61. The van der Waals surface area contributed by atoms with Crippen molar-refractivity contribution in [2.75, 3.05) is 31.1 Å². The van der Waals surface area contributed by atoms with Crippen molar-refractivity contribution >= 4 is 23.4 Å². The molecular formula is C35H43N3O5. The topological polar surface area (TPSA) is 90.4 Å². The summed E-state index contributed by atoms with van der Waals surface area (Å²) in [6.45, 7) is 14.3. The van der Waals surface area contributed by atoms with Crippen LogP contribution in [0.15, 0.2) is 73.8 Å². The molecule has 3 fully saturated rings. The lowest BCUT2D eigenvalue weighted by Crippen LogP contribution is -2.57. The number of β-amino-alcohol motifs (C(OH)–C–C–N with tert-alkyl or cyclic N) is 1. The van der Waals surface area contributed by atoms with E-state index in [9.17, 15) is 19.5 Å². The number of aliphatic hydroxyl groups is 1. The van der Waals surface area contributed by atoms with Crippen LogP contribution in [0, 0.1) is 25.7 Å². The summed E-state index contributed by atoms with van der Waals surface area (Å²) in [4.78, 5) is 48.5. The van der Waals surface area contributed by atoms with E-state index < -0.39 is 29.1 Å². The van der Waals surface area contributed by atoms with Gasteiger partial charge in [0.05, 0.1) is 24.0 Å². The zero-order valence-electron chi connectivity index (χ0n) is 25.5. The third-order valence-corrected chi connectivity index (χ3v) is 9.63. The van der Waals surface area contributed by atoms with Crippen LogP contribution in [-0.2, 0) is 25.7 Å². The van der Waals surface area contributed by atoms with Gasteiger partial charge in [0, 0.05) is 31.9 Å². The lowest BCUT2D eigenvalue weighted by Gasteiger charge is -2.37. The molecule has 228 valence electrons. The van der Waals surface area contributed by atoms with Crippen molar-refractivity contribution in [3.05, 3.63) is 90.5 Å². The molecule has 5 rings (SSSR count). The van der Waals surface area contributed by atoms with Gasteiger partial charge < -0.3 is 24.5 Å². The fourth-order valence-corrected chi connectivity index (χ4v) is 7.70. The number of hydrogen-bond acceptors (Lipinski definition) is 5. The third-order valence-electron chi connectivity index (χ3n) is 9.63. The van der Waals surface area contributed by atoms with Crippen LogP contribution in [0.5, 0.6) is 0 Å². The molecule has 0 aliphatic carbocycles. The summed E-state index contributed by atoms with van der Waals surface area (Å²) in [7, 11) is 0. The Labute approximate surface area is 254 Å². The van der Waals surface area contributed by atoms with Crippen molar-refractivity contribution in [2.45, 2.75) is 63.8 Å². The molecule has 2 unspecified atom stereocenters. The normalized spacial score (nSPS) is 27.2. The van der Waals surface area contributed by atoms with Crippen LogP contribution in [0.3, 0.4) is 0 Å². The Bertz CT molecular complexity index is 1410. The average molecular weight is 586 g/mol. The first-order valence-electron chi connectivity index (χ1n) is 15.2. The molecule has 0 radical (unpaired) electrons. The molecule has 2 bridgehead atoms. The summed E-state index contributed by atoms with van der Waals surface area (Å²) in [5.41, 5.74) is 1.60. The second kappa shape index (κ2) is 12.1. The van der Waals surface area contributed by atoms with E-state index in [1.165, 1.54) is 4.90 Å². The van der Waals surface area contributed by atoms with Crippen LogP contribution in [0.2, 0.25) is 0 Å². The number of hydrogen-bond donors (Lipinski definition) is 1. The summed E-state index contributed by atoms with van der Waals surface area (Å²) >= 11 is 0. The van der Waals surface area contributed by atoms with Gasteiger partial charge in [0.15, 0.2) is 0 Å². The predicted octanol–water partition coefficient (Wildman–Crippen LogP) is 4.18. The molecule has 3 aliphatic heterocycles. The molecule has 3 saturated heterocycles. The van der Waals surface area contributed by atoms with Crippen molar-refractivity contribution < 1.29 is 24.2 Å². The summed E-state index contributed by atoms with van der Waals surface area (Å²) in [5, 5.41) is 10.0. The Morgan fingerprint density at radius 3 is 2.44 bits per heavy atom. The molecule has 0 saturated carbocycles. The molecule has 3 heterocycles. The number of fused-ring (bicyclic) bond motifs is 1. The smallest absolute Gasteiger partial charge is 0.253 e. The Morgan fingerprint density at radius 2 is 1.79 bits per heavy atom. The van der Waals surface area contributed by atoms with Gasteiger partial charge in [0.1, 0.15) is 11.6 Å². The molecule has 2 aromatic carbocycles. The number of carbonyl (C=O) groups is 3. The van der Waals surface area contributed by atoms with E-state index in [0.29, 0.717) is 32.4 Å². The van der Waals surface area contributed by atoms with Crippen molar-refractivity contribution in [1.82, 2.24) is 9.80 Å². The van der Waals surface area contributed by atoms with Gasteiger partial charge in [0.25, 0.3) is 5.91 Å². The summed E-state index contributed by atoms with van der Waals surface area (Å²) in [6, 6.07) is 14.7. The number of aryl methyl sites for hydroxylation is 2. The van der Waals surface area contributed by atoms with Gasteiger partial charge in [-0.2, -0.15) is 0 Å². The second-order valence-electron chi connectivity index (χ2n) is 12.1. The van der Waals surface area contributed by atoms with Crippen molar-refractivity contribution in [1.29, 1.82) is 0 Å². The first-order valence-corrected chi connectivity index (χ1v) is 15.2. The van der Waals surface area contributed by atoms with Gasteiger partial charge in [-0.05, 0) is 55.9 Å². The Hall–Kier alpha value is -3.75. The highest BCUT2D eigenvalue weighted by Crippen LogP contribution is 2.64. The monoisotopic (exact) mass is 585 g/mol. The molecule has 3 aliphatic rings. The van der Waals surface area contributed by atoms with Crippen LogP contribution in [0.25, 0.3) is 0 Å². The van der Waals surface area contributed by atoms with E-state index in [4.69, 9.17) is 4.74 Å². The second-order valence-corrected chi connectivity index (χ2v) is 12.1. The number of benzene rings is 2. The Kier molecular flexibility index (Phi) is 8.63. The van der Waals surface area contributed by atoms with Crippen LogP contribution in [0.1, 0.15) is 42.9 Å².